The van der Waals surface area contributed by atoms with Gasteiger partial charge in [0.15, 0.2) is 0 Å². The molecule has 3 N–H and O–H groups in total. The van der Waals surface area contributed by atoms with Crippen molar-refractivity contribution in [1.82, 2.24) is 10.6 Å². The third-order valence-electron chi connectivity index (χ3n) is 2.32. The van der Waals surface area contributed by atoms with E-state index in [0.717, 1.165) is 5.56 Å². The van der Waals surface area contributed by atoms with Gasteiger partial charge >= 0.3 is 0 Å². The fourth-order valence-corrected chi connectivity index (χ4v) is 1.57. The molecule has 1 amide bonds. The third-order valence-corrected chi connectivity index (χ3v) is 2.32. The molecule has 0 aromatic heterocycles. The van der Waals surface area contributed by atoms with Crippen LogP contribution in [0.25, 0.3) is 0 Å². The van der Waals surface area contributed by atoms with Crippen LogP contribution in [0.2, 0.25) is 0 Å². The fraction of sp³-hybridized carbons (Fsp3) is 0.300. The van der Waals surface area contributed by atoms with Gasteiger partial charge in [-0.15, -0.1) is 0 Å². The average molecular weight is 192 g/mol. The van der Waals surface area contributed by atoms with E-state index in [2.05, 4.69) is 10.6 Å². The number of nitrogens with one attached hydrogen (secondary N) is 2. The smallest absolute Gasteiger partial charge is 0.234 e. The SMILES string of the molecule is O=C1CNC(c2ccccc2O)CN1. The molecular weight excluding hydrogens is 180 g/mol. The van der Waals surface area contributed by atoms with Crippen molar-refractivity contribution in [1.29, 1.82) is 0 Å². The van der Waals surface area contributed by atoms with Crippen LogP contribution in [0.4, 0.5) is 0 Å². The van der Waals surface area contributed by atoms with E-state index in [-0.39, 0.29) is 17.7 Å². The Hall–Kier alpha value is -1.55. The highest BCUT2D eigenvalue weighted by molar-refractivity contribution is 5.79. The Morgan fingerprint density at radius 1 is 1.36 bits per heavy atom. The Morgan fingerprint density at radius 2 is 2.14 bits per heavy atom. The van der Waals surface area contributed by atoms with Crippen molar-refractivity contribution in [2.75, 3.05) is 13.1 Å². The minimum absolute atomic E-state index is 0.00308. The molecule has 0 radical (unpaired) electrons. The molecule has 1 aliphatic heterocycles. The molecule has 1 atom stereocenters. The molecule has 1 unspecified atom stereocenters. The molecular formula is C10H12N2O2. The van der Waals surface area contributed by atoms with Crippen molar-refractivity contribution >= 4 is 5.91 Å². The van der Waals surface area contributed by atoms with Gasteiger partial charge in [-0.3, -0.25) is 10.1 Å². The first-order valence-corrected chi connectivity index (χ1v) is 4.55. The second kappa shape index (κ2) is 3.67. The molecule has 1 fully saturated rings. The zero-order valence-electron chi connectivity index (χ0n) is 7.66. The van der Waals surface area contributed by atoms with Gasteiger partial charge in [-0.2, -0.15) is 0 Å². The lowest BCUT2D eigenvalue weighted by atomic mass is 10.0. The normalized spacial score (nSPS) is 21.7. The topological polar surface area (TPSA) is 61.4 Å². The van der Waals surface area contributed by atoms with Crippen LogP contribution in [0.5, 0.6) is 5.75 Å². The van der Waals surface area contributed by atoms with E-state index in [9.17, 15) is 9.90 Å². The van der Waals surface area contributed by atoms with Crippen LogP contribution < -0.4 is 10.6 Å². The number of rotatable bonds is 1. The van der Waals surface area contributed by atoms with Gasteiger partial charge in [0.25, 0.3) is 0 Å². The number of phenols is 1. The van der Waals surface area contributed by atoms with Crippen molar-refractivity contribution < 1.29 is 9.90 Å². The number of carbonyl (C=O) groups excluding carboxylic acids is 1. The summed E-state index contributed by atoms with van der Waals surface area (Å²) in [5.41, 5.74) is 0.826. The van der Waals surface area contributed by atoms with E-state index in [1.54, 1.807) is 12.1 Å². The molecule has 0 bridgehead atoms. The summed E-state index contributed by atoms with van der Waals surface area (Å²) < 4.78 is 0. The second-order valence-corrected chi connectivity index (χ2v) is 3.30. The van der Waals surface area contributed by atoms with Crippen molar-refractivity contribution in [3.63, 3.8) is 0 Å². The minimum atomic E-state index is -0.00308. The van der Waals surface area contributed by atoms with Crippen LogP contribution in [0.15, 0.2) is 24.3 Å². The largest absolute Gasteiger partial charge is 0.508 e. The molecule has 1 saturated heterocycles. The summed E-state index contributed by atoms with van der Waals surface area (Å²) in [5.74, 6) is 0.262. The molecule has 14 heavy (non-hydrogen) atoms. The molecule has 0 spiro atoms. The number of piperazine rings is 1. The van der Waals surface area contributed by atoms with Gasteiger partial charge in [0.05, 0.1) is 12.6 Å². The van der Waals surface area contributed by atoms with E-state index < -0.39 is 0 Å². The van der Waals surface area contributed by atoms with Gasteiger partial charge in [0, 0.05) is 12.1 Å². The van der Waals surface area contributed by atoms with Crippen LogP contribution >= 0.6 is 0 Å². The molecule has 2 rings (SSSR count). The first-order valence-electron chi connectivity index (χ1n) is 4.55. The maximum Gasteiger partial charge on any atom is 0.234 e. The third kappa shape index (κ3) is 1.70. The highest BCUT2D eigenvalue weighted by Crippen LogP contribution is 2.23. The minimum Gasteiger partial charge on any atom is -0.508 e. The Bertz CT molecular complexity index is 342. The summed E-state index contributed by atoms with van der Waals surface area (Å²) in [5, 5.41) is 15.4. The zero-order chi connectivity index (χ0) is 9.97. The molecule has 0 saturated carbocycles. The molecule has 1 heterocycles. The number of benzene rings is 1. The van der Waals surface area contributed by atoms with Crippen molar-refractivity contribution in [3.8, 4) is 5.75 Å². The van der Waals surface area contributed by atoms with E-state index in [0.29, 0.717) is 13.1 Å². The van der Waals surface area contributed by atoms with E-state index in [1.807, 2.05) is 12.1 Å². The highest BCUT2D eigenvalue weighted by Gasteiger charge is 2.20. The average Bonchev–Trinajstić information content (AvgIpc) is 2.20. The van der Waals surface area contributed by atoms with Crippen LogP contribution in [0, 0.1) is 0 Å². The zero-order valence-corrected chi connectivity index (χ0v) is 7.66. The number of carbonyl (C=O) groups is 1. The predicted molar refractivity (Wildman–Crippen MR) is 51.9 cm³/mol. The van der Waals surface area contributed by atoms with Crippen LogP contribution in [-0.2, 0) is 4.79 Å². The van der Waals surface area contributed by atoms with Crippen LogP contribution in [0.1, 0.15) is 11.6 Å². The number of para-hydroxylation sites is 1. The molecule has 1 aromatic carbocycles. The molecule has 74 valence electrons. The Kier molecular flexibility index (Phi) is 2.37. The van der Waals surface area contributed by atoms with Crippen molar-refractivity contribution in [2.45, 2.75) is 6.04 Å². The number of phenolic OH excluding ortho intramolecular Hbond substituents is 1. The standard InChI is InChI=1S/C10H12N2O2/c13-9-4-2-1-3-7(9)8-5-12-10(14)6-11-8/h1-4,8,11,13H,5-6H2,(H,12,14). The van der Waals surface area contributed by atoms with E-state index in [1.165, 1.54) is 0 Å². The highest BCUT2D eigenvalue weighted by atomic mass is 16.3. The van der Waals surface area contributed by atoms with Gasteiger partial charge in [-0.05, 0) is 6.07 Å². The van der Waals surface area contributed by atoms with E-state index >= 15 is 0 Å². The lowest BCUT2D eigenvalue weighted by Gasteiger charge is -2.24. The maximum atomic E-state index is 10.9. The quantitative estimate of drug-likeness (QED) is 0.593. The van der Waals surface area contributed by atoms with Gasteiger partial charge in [-0.1, -0.05) is 18.2 Å². The summed E-state index contributed by atoms with van der Waals surface area (Å²) in [4.78, 5) is 10.9. The first-order chi connectivity index (χ1) is 6.77. The van der Waals surface area contributed by atoms with Crippen molar-refractivity contribution in [3.05, 3.63) is 29.8 Å². The summed E-state index contributed by atoms with van der Waals surface area (Å²) in [6.45, 7) is 0.829. The fourth-order valence-electron chi connectivity index (χ4n) is 1.57. The summed E-state index contributed by atoms with van der Waals surface area (Å²) in [6, 6.07) is 7.15. The Morgan fingerprint density at radius 3 is 2.79 bits per heavy atom. The lowest BCUT2D eigenvalue weighted by molar-refractivity contribution is -0.121. The van der Waals surface area contributed by atoms with Crippen LogP contribution in [0.3, 0.4) is 0 Å². The monoisotopic (exact) mass is 192 g/mol. The van der Waals surface area contributed by atoms with Crippen molar-refractivity contribution in [2.24, 2.45) is 0 Å². The number of hydrogen-bond acceptors (Lipinski definition) is 3. The summed E-state index contributed by atoms with van der Waals surface area (Å²) in [7, 11) is 0. The second-order valence-electron chi connectivity index (χ2n) is 3.30. The van der Waals surface area contributed by atoms with Crippen LogP contribution in [-0.4, -0.2) is 24.1 Å². The van der Waals surface area contributed by atoms with Gasteiger partial charge in [-0.25, -0.2) is 0 Å². The summed E-state index contributed by atoms with van der Waals surface area (Å²) in [6.07, 6.45) is 0. The van der Waals surface area contributed by atoms with Gasteiger partial charge < -0.3 is 10.4 Å². The van der Waals surface area contributed by atoms with Gasteiger partial charge in [0.1, 0.15) is 5.75 Å². The predicted octanol–water partition coefficient (Wildman–Crippen LogP) is 0.153. The number of aromatic hydroxyl groups is 1. The lowest BCUT2D eigenvalue weighted by Crippen LogP contribution is -2.46. The molecule has 4 heteroatoms. The molecule has 4 nitrogen and oxygen atoms in total. The molecule has 1 aliphatic rings. The molecule has 0 aliphatic carbocycles. The summed E-state index contributed by atoms with van der Waals surface area (Å²) >= 11 is 0. The Balaban J connectivity index is 2.16. The van der Waals surface area contributed by atoms with E-state index in [4.69, 9.17) is 0 Å². The Labute approximate surface area is 81.9 Å². The number of amides is 1. The maximum absolute atomic E-state index is 10.9. The van der Waals surface area contributed by atoms with Gasteiger partial charge in [0.2, 0.25) is 5.91 Å². The first kappa shape index (κ1) is 9.02. The number of hydrogen-bond donors (Lipinski definition) is 3. The molecule has 1 aromatic rings.